The highest BCUT2D eigenvalue weighted by atomic mass is 32.1. The van der Waals surface area contributed by atoms with Crippen molar-refractivity contribution >= 4 is 11.3 Å². The smallest absolute Gasteiger partial charge is 0.107 e. The predicted molar refractivity (Wildman–Crippen MR) is 69.8 cm³/mol. The van der Waals surface area contributed by atoms with E-state index in [0.717, 1.165) is 19.0 Å². The fourth-order valence-corrected chi connectivity index (χ4v) is 3.06. The van der Waals surface area contributed by atoms with E-state index in [4.69, 9.17) is 0 Å². The Bertz CT molecular complexity index is 345. The van der Waals surface area contributed by atoms with Crippen LogP contribution >= 0.6 is 11.3 Å². The van der Waals surface area contributed by atoms with Crippen LogP contribution in [0.25, 0.3) is 0 Å². The van der Waals surface area contributed by atoms with Gasteiger partial charge in [0.25, 0.3) is 0 Å². The molecular weight excluding hydrogens is 216 g/mol. The van der Waals surface area contributed by atoms with Gasteiger partial charge in [0, 0.05) is 18.0 Å². The zero-order valence-electron chi connectivity index (χ0n) is 10.8. The summed E-state index contributed by atoms with van der Waals surface area (Å²) < 4.78 is 0. The van der Waals surface area contributed by atoms with Crippen molar-refractivity contribution in [1.29, 1.82) is 0 Å². The highest BCUT2D eigenvalue weighted by Crippen LogP contribution is 2.51. The molecule has 0 aliphatic heterocycles. The van der Waals surface area contributed by atoms with E-state index in [1.165, 1.54) is 28.4 Å². The summed E-state index contributed by atoms with van der Waals surface area (Å²) in [5.41, 5.74) is 1.79. The zero-order chi connectivity index (χ0) is 11.8. The number of hydrogen-bond acceptors (Lipinski definition) is 3. The number of hydrogen-bond donors (Lipinski definition) is 1. The molecule has 1 saturated carbocycles. The lowest BCUT2D eigenvalue weighted by Gasteiger charge is -2.19. The molecule has 0 atom stereocenters. The van der Waals surface area contributed by atoms with Crippen molar-refractivity contribution < 1.29 is 0 Å². The molecule has 0 spiro atoms. The molecule has 0 radical (unpaired) electrons. The van der Waals surface area contributed by atoms with Gasteiger partial charge < -0.3 is 5.32 Å². The molecule has 1 aliphatic carbocycles. The first-order valence-corrected chi connectivity index (χ1v) is 6.99. The van der Waals surface area contributed by atoms with Gasteiger partial charge in [0.2, 0.25) is 0 Å². The van der Waals surface area contributed by atoms with Gasteiger partial charge >= 0.3 is 0 Å². The second-order valence-corrected chi connectivity index (χ2v) is 6.66. The largest absolute Gasteiger partial charge is 0.310 e. The maximum absolute atomic E-state index is 4.55. The van der Waals surface area contributed by atoms with Gasteiger partial charge in [-0.15, -0.1) is 11.3 Å². The number of aryl methyl sites for hydroxylation is 2. The molecule has 1 aromatic heterocycles. The average molecular weight is 238 g/mol. The highest BCUT2D eigenvalue weighted by molar-refractivity contribution is 7.11. The van der Waals surface area contributed by atoms with Crippen molar-refractivity contribution in [3.05, 3.63) is 15.6 Å². The monoisotopic (exact) mass is 238 g/mol. The van der Waals surface area contributed by atoms with Gasteiger partial charge in [0.15, 0.2) is 0 Å². The first-order chi connectivity index (χ1) is 7.53. The Morgan fingerprint density at radius 3 is 2.50 bits per heavy atom. The summed E-state index contributed by atoms with van der Waals surface area (Å²) in [5.74, 6) is 0.805. The van der Waals surface area contributed by atoms with E-state index in [1.54, 1.807) is 0 Å². The molecule has 1 aromatic rings. The summed E-state index contributed by atoms with van der Waals surface area (Å²) in [7, 11) is 0. The van der Waals surface area contributed by atoms with E-state index in [0.29, 0.717) is 5.41 Å². The highest BCUT2D eigenvalue weighted by Gasteiger charge is 2.44. The quantitative estimate of drug-likeness (QED) is 0.851. The first-order valence-electron chi connectivity index (χ1n) is 6.17. The Kier molecular flexibility index (Phi) is 3.36. The standard InChI is InChI=1S/C13H22N2S/c1-9(2)13(5-6-13)8-14-7-12-15-10(3)11(4)16-12/h9,14H,5-8H2,1-4H3. The molecule has 0 aromatic carbocycles. The van der Waals surface area contributed by atoms with E-state index in [1.807, 2.05) is 11.3 Å². The normalized spacial score (nSPS) is 18.1. The van der Waals surface area contributed by atoms with E-state index in [9.17, 15) is 0 Å². The number of thiazole rings is 1. The summed E-state index contributed by atoms with van der Waals surface area (Å²) in [5, 5.41) is 4.81. The van der Waals surface area contributed by atoms with Gasteiger partial charge in [-0.25, -0.2) is 4.98 Å². The average Bonchev–Trinajstić information content (AvgIpc) is 2.92. The summed E-state index contributed by atoms with van der Waals surface area (Å²) in [6.45, 7) is 11.0. The van der Waals surface area contributed by atoms with Crippen molar-refractivity contribution in [2.24, 2.45) is 11.3 Å². The van der Waals surface area contributed by atoms with Crippen molar-refractivity contribution in [2.75, 3.05) is 6.54 Å². The minimum absolute atomic E-state index is 0.599. The van der Waals surface area contributed by atoms with Gasteiger partial charge in [-0.1, -0.05) is 13.8 Å². The molecule has 0 saturated heterocycles. The molecule has 1 fully saturated rings. The van der Waals surface area contributed by atoms with Crippen molar-refractivity contribution in [3.8, 4) is 0 Å². The molecule has 1 N–H and O–H groups in total. The second kappa shape index (κ2) is 4.46. The Labute approximate surface area is 102 Å². The van der Waals surface area contributed by atoms with Crippen LogP contribution in [0.3, 0.4) is 0 Å². The second-order valence-electron chi connectivity index (χ2n) is 5.37. The number of nitrogens with one attached hydrogen (secondary N) is 1. The molecule has 1 heterocycles. The van der Waals surface area contributed by atoms with Crippen LogP contribution in [0.2, 0.25) is 0 Å². The van der Waals surface area contributed by atoms with E-state index < -0.39 is 0 Å². The van der Waals surface area contributed by atoms with Gasteiger partial charge in [-0.3, -0.25) is 0 Å². The fraction of sp³-hybridized carbons (Fsp3) is 0.769. The van der Waals surface area contributed by atoms with Crippen molar-refractivity contribution in [1.82, 2.24) is 10.3 Å². The third-order valence-corrected chi connectivity index (χ3v) is 5.02. The van der Waals surface area contributed by atoms with Crippen LogP contribution in [0, 0.1) is 25.2 Å². The maximum atomic E-state index is 4.55. The zero-order valence-corrected chi connectivity index (χ0v) is 11.6. The molecule has 1 aliphatic rings. The molecule has 0 bridgehead atoms. The third-order valence-electron chi connectivity index (χ3n) is 3.94. The lowest BCUT2D eigenvalue weighted by molar-refractivity contribution is 0.337. The maximum Gasteiger partial charge on any atom is 0.107 e. The van der Waals surface area contributed by atoms with Crippen LogP contribution in [0.15, 0.2) is 0 Å². The Morgan fingerprint density at radius 1 is 1.38 bits per heavy atom. The van der Waals surface area contributed by atoms with Crippen LogP contribution in [0.4, 0.5) is 0 Å². The van der Waals surface area contributed by atoms with Gasteiger partial charge in [0.1, 0.15) is 5.01 Å². The fourth-order valence-electron chi connectivity index (χ4n) is 2.15. The topological polar surface area (TPSA) is 24.9 Å². The Hall–Kier alpha value is -0.410. The predicted octanol–water partition coefficient (Wildman–Crippen LogP) is 3.29. The minimum atomic E-state index is 0.599. The first kappa shape index (κ1) is 12.1. The molecule has 2 rings (SSSR count). The molecule has 3 heteroatoms. The molecule has 0 amide bonds. The lowest BCUT2D eigenvalue weighted by Crippen LogP contribution is -2.27. The number of aromatic nitrogens is 1. The van der Waals surface area contributed by atoms with Crippen LogP contribution < -0.4 is 5.32 Å². The SMILES string of the molecule is Cc1nc(CNCC2(C(C)C)CC2)sc1C. The van der Waals surface area contributed by atoms with Crippen LogP contribution in [-0.4, -0.2) is 11.5 Å². The van der Waals surface area contributed by atoms with Crippen LogP contribution in [-0.2, 0) is 6.54 Å². The number of nitrogens with zero attached hydrogens (tertiary/aromatic N) is 1. The summed E-state index contributed by atoms with van der Waals surface area (Å²) in [4.78, 5) is 5.90. The van der Waals surface area contributed by atoms with E-state index in [-0.39, 0.29) is 0 Å². The van der Waals surface area contributed by atoms with Crippen molar-refractivity contribution in [2.45, 2.75) is 47.1 Å². The molecule has 2 nitrogen and oxygen atoms in total. The summed E-state index contributed by atoms with van der Waals surface area (Å²) >= 11 is 1.82. The van der Waals surface area contributed by atoms with E-state index in [2.05, 4.69) is 38.0 Å². The molecule has 90 valence electrons. The van der Waals surface area contributed by atoms with Gasteiger partial charge in [-0.05, 0) is 38.0 Å². The van der Waals surface area contributed by atoms with E-state index >= 15 is 0 Å². The van der Waals surface area contributed by atoms with Crippen LogP contribution in [0.5, 0.6) is 0 Å². The molecule has 0 unspecified atom stereocenters. The van der Waals surface area contributed by atoms with Gasteiger partial charge in [-0.2, -0.15) is 0 Å². The minimum Gasteiger partial charge on any atom is -0.310 e. The van der Waals surface area contributed by atoms with Gasteiger partial charge in [0.05, 0.1) is 5.69 Å². The number of rotatable bonds is 5. The molecular formula is C13H22N2S. The van der Waals surface area contributed by atoms with Crippen LogP contribution in [0.1, 0.15) is 42.3 Å². The van der Waals surface area contributed by atoms with Crippen molar-refractivity contribution in [3.63, 3.8) is 0 Å². The molecule has 16 heavy (non-hydrogen) atoms. The summed E-state index contributed by atoms with van der Waals surface area (Å²) in [6.07, 6.45) is 2.79. The summed E-state index contributed by atoms with van der Waals surface area (Å²) in [6, 6.07) is 0. The third kappa shape index (κ3) is 2.46. The Balaban J connectivity index is 1.80. The lowest BCUT2D eigenvalue weighted by atomic mass is 9.92. The Morgan fingerprint density at radius 2 is 2.06 bits per heavy atom.